The number of carbonyl (C=O) groups is 1. The number of carbonyl (C=O) groups excluding carboxylic acids is 1. The van der Waals surface area contributed by atoms with Gasteiger partial charge in [-0.05, 0) is 50.0 Å². The van der Waals surface area contributed by atoms with Crippen molar-refractivity contribution in [3.8, 4) is 11.5 Å². The molecule has 35 heavy (non-hydrogen) atoms. The Hall–Kier alpha value is -3.66. The fraction of sp³-hybridized carbons (Fsp3) is 0.440. The molecule has 0 unspecified atom stereocenters. The van der Waals surface area contributed by atoms with Crippen LogP contribution in [0, 0.1) is 0 Å². The highest BCUT2D eigenvalue weighted by Crippen LogP contribution is 2.23. The predicted octanol–water partition coefficient (Wildman–Crippen LogP) is 2.79. The van der Waals surface area contributed by atoms with Gasteiger partial charge in [0.05, 0.1) is 26.6 Å². The first-order valence-electron chi connectivity index (χ1n) is 11.9. The number of anilines is 2. The van der Waals surface area contributed by atoms with Crippen LogP contribution in [-0.4, -0.2) is 77.9 Å². The zero-order chi connectivity index (χ0) is 24.6. The fourth-order valence-corrected chi connectivity index (χ4v) is 4.14. The molecule has 0 atom stereocenters. The number of nitrogens with one attached hydrogen (secondary N) is 2. The van der Waals surface area contributed by atoms with Gasteiger partial charge in [0.25, 0.3) is 5.91 Å². The zero-order valence-electron chi connectivity index (χ0n) is 20.6. The minimum atomic E-state index is -0.340. The molecule has 1 saturated heterocycles. The van der Waals surface area contributed by atoms with Gasteiger partial charge in [-0.1, -0.05) is 6.92 Å². The van der Waals surface area contributed by atoms with E-state index in [0.717, 1.165) is 80.6 Å². The van der Waals surface area contributed by atoms with Crippen molar-refractivity contribution in [1.82, 2.24) is 25.1 Å². The Morgan fingerprint density at radius 1 is 1.00 bits per heavy atom. The van der Waals surface area contributed by atoms with Gasteiger partial charge < -0.3 is 24.6 Å². The van der Waals surface area contributed by atoms with Gasteiger partial charge in [0.2, 0.25) is 0 Å². The van der Waals surface area contributed by atoms with Crippen LogP contribution in [0.4, 0.5) is 11.6 Å². The maximum absolute atomic E-state index is 12.7. The molecular formula is C25H33N7O3. The summed E-state index contributed by atoms with van der Waals surface area (Å²) in [4.78, 5) is 26.1. The number of rotatable bonds is 9. The normalized spacial score (nSPS) is 14.4. The lowest BCUT2D eigenvalue weighted by Gasteiger charge is -2.21. The van der Waals surface area contributed by atoms with E-state index < -0.39 is 0 Å². The molecule has 1 aliphatic rings. The molecule has 2 N–H and O–H groups in total. The maximum atomic E-state index is 12.7. The Balaban J connectivity index is 1.32. The van der Waals surface area contributed by atoms with Crippen LogP contribution in [0.5, 0.6) is 11.5 Å². The second-order valence-electron chi connectivity index (χ2n) is 8.49. The first-order chi connectivity index (χ1) is 17.1. The highest BCUT2D eigenvalue weighted by molar-refractivity contribution is 6.02. The molecule has 0 radical (unpaired) electrons. The van der Waals surface area contributed by atoms with Crippen LogP contribution in [0.1, 0.15) is 35.1 Å². The fourth-order valence-electron chi connectivity index (χ4n) is 4.14. The van der Waals surface area contributed by atoms with Gasteiger partial charge in [-0.2, -0.15) is 5.10 Å². The quantitative estimate of drug-likeness (QED) is 0.482. The number of ether oxygens (including phenoxy) is 2. The molecule has 4 rings (SSSR count). The summed E-state index contributed by atoms with van der Waals surface area (Å²) in [6, 6.07) is 7.63. The summed E-state index contributed by atoms with van der Waals surface area (Å²) in [6.07, 6.45) is 5.78. The highest BCUT2D eigenvalue weighted by Gasteiger charge is 2.17. The minimum Gasteiger partial charge on any atom is -0.497 e. The van der Waals surface area contributed by atoms with Crippen LogP contribution in [-0.2, 0) is 12.8 Å². The van der Waals surface area contributed by atoms with Crippen molar-refractivity contribution in [2.24, 2.45) is 0 Å². The van der Waals surface area contributed by atoms with Crippen LogP contribution in [0.2, 0.25) is 0 Å². The van der Waals surface area contributed by atoms with E-state index >= 15 is 0 Å². The lowest BCUT2D eigenvalue weighted by atomic mass is 10.1. The number of aromatic amines is 1. The molecule has 0 bridgehead atoms. The van der Waals surface area contributed by atoms with Gasteiger partial charge in [0, 0.05) is 37.5 Å². The van der Waals surface area contributed by atoms with Crippen LogP contribution >= 0.6 is 0 Å². The van der Waals surface area contributed by atoms with Crippen molar-refractivity contribution in [1.29, 1.82) is 0 Å². The summed E-state index contributed by atoms with van der Waals surface area (Å²) in [7, 11) is 3.27. The minimum absolute atomic E-state index is 0.256. The molecule has 1 aliphatic heterocycles. The third-order valence-corrected chi connectivity index (χ3v) is 6.20. The predicted molar refractivity (Wildman–Crippen MR) is 134 cm³/mol. The van der Waals surface area contributed by atoms with Gasteiger partial charge in [-0.3, -0.25) is 9.89 Å². The van der Waals surface area contributed by atoms with Gasteiger partial charge >= 0.3 is 0 Å². The first kappa shape index (κ1) is 24.5. The van der Waals surface area contributed by atoms with Crippen molar-refractivity contribution < 1.29 is 14.3 Å². The average molecular weight is 480 g/mol. The number of aromatic nitrogens is 4. The van der Waals surface area contributed by atoms with Gasteiger partial charge in [-0.25, -0.2) is 9.97 Å². The third kappa shape index (κ3) is 6.48. The second kappa shape index (κ2) is 11.7. The van der Waals surface area contributed by atoms with Crippen molar-refractivity contribution in [2.75, 3.05) is 57.2 Å². The number of benzene rings is 1. The molecule has 1 amide bonds. The Morgan fingerprint density at radius 3 is 2.49 bits per heavy atom. The van der Waals surface area contributed by atoms with Crippen molar-refractivity contribution in [3.63, 3.8) is 0 Å². The average Bonchev–Trinajstić information content (AvgIpc) is 3.20. The van der Waals surface area contributed by atoms with Crippen molar-refractivity contribution in [2.45, 2.75) is 26.2 Å². The highest BCUT2D eigenvalue weighted by atomic mass is 16.5. The molecular weight excluding hydrogens is 446 g/mol. The van der Waals surface area contributed by atoms with E-state index in [4.69, 9.17) is 9.47 Å². The molecule has 1 fully saturated rings. The van der Waals surface area contributed by atoms with E-state index in [1.54, 1.807) is 20.4 Å². The monoisotopic (exact) mass is 479 g/mol. The Labute approximate surface area is 205 Å². The summed E-state index contributed by atoms with van der Waals surface area (Å²) in [5, 5.41) is 9.98. The van der Waals surface area contributed by atoms with Crippen LogP contribution in [0.15, 0.2) is 36.7 Å². The molecule has 3 aromatic rings. The smallest absolute Gasteiger partial charge is 0.277 e. The Kier molecular flexibility index (Phi) is 8.15. The van der Waals surface area contributed by atoms with E-state index in [9.17, 15) is 4.79 Å². The molecule has 0 aliphatic carbocycles. The molecule has 10 heteroatoms. The topological polar surface area (TPSA) is 108 Å². The largest absolute Gasteiger partial charge is 0.497 e. The standard InChI is InChI=1S/C25H33N7O3/c1-4-31-8-5-9-32(11-10-31)24-17-26-22(16-27-24)25(33)28-23-14-19(29-30-23)7-6-18-12-20(34-2)15-21(13-18)35-3/h12-17H,4-11H2,1-3H3,(H2,28,29,30,33). The Bertz CT molecular complexity index is 1090. The molecule has 0 spiro atoms. The third-order valence-electron chi connectivity index (χ3n) is 6.20. The summed E-state index contributed by atoms with van der Waals surface area (Å²) in [5.74, 6) is 2.42. The number of aryl methyl sites for hydroxylation is 2. The number of nitrogens with zero attached hydrogens (tertiary/aromatic N) is 5. The van der Waals surface area contributed by atoms with Crippen molar-refractivity contribution >= 4 is 17.5 Å². The summed E-state index contributed by atoms with van der Waals surface area (Å²) < 4.78 is 10.7. The van der Waals surface area contributed by atoms with Crippen LogP contribution < -0.4 is 19.7 Å². The SMILES string of the molecule is CCN1CCCN(c2cnc(C(=O)Nc3cc(CCc4cc(OC)cc(OC)c4)[nH]n3)cn2)CC1. The first-order valence-corrected chi connectivity index (χ1v) is 11.9. The molecule has 0 saturated carbocycles. The number of hydrogen-bond donors (Lipinski definition) is 2. The molecule has 3 heterocycles. The molecule has 2 aromatic heterocycles. The molecule has 10 nitrogen and oxygen atoms in total. The maximum Gasteiger partial charge on any atom is 0.277 e. The lowest BCUT2D eigenvalue weighted by molar-refractivity contribution is 0.102. The number of hydrogen-bond acceptors (Lipinski definition) is 8. The Morgan fingerprint density at radius 2 is 1.80 bits per heavy atom. The van der Waals surface area contributed by atoms with E-state index in [1.807, 2.05) is 24.3 Å². The number of likely N-dealkylation sites (N-methyl/N-ethyl adjacent to an activating group) is 1. The van der Waals surface area contributed by atoms with Crippen molar-refractivity contribution in [3.05, 3.63) is 53.6 Å². The van der Waals surface area contributed by atoms with Crippen LogP contribution in [0.3, 0.4) is 0 Å². The molecule has 1 aromatic carbocycles. The zero-order valence-corrected chi connectivity index (χ0v) is 20.6. The number of amides is 1. The second-order valence-corrected chi connectivity index (χ2v) is 8.49. The van der Waals surface area contributed by atoms with Gasteiger partial charge in [-0.15, -0.1) is 0 Å². The number of H-pyrrole nitrogens is 1. The van der Waals surface area contributed by atoms with E-state index in [2.05, 4.69) is 42.2 Å². The summed E-state index contributed by atoms with van der Waals surface area (Å²) >= 11 is 0. The molecule has 186 valence electrons. The van der Waals surface area contributed by atoms with E-state index in [-0.39, 0.29) is 11.6 Å². The van der Waals surface area contributed by atoms with Crippen LogP contribution in [0.25, 0.3) is 0 Å². The van der Waals surface area contributed by atoms with E-state index in [0.29, 0.717) is 5.82 Å². The van der Waals surface area contributed by atoms with Gasteiger partial charge in [0.1, 0.15) is 23.0 Å². The summed E-state index contributed by atoms with van der Waals surface area (Å²) in [5.41, 5.74) is 2.25. The lowest BCUT2D eigenvalue weighted by Crippen LogP contribution is -2.31. The number of methoxy groups -OCH3 is 2. The van der Waals surface area contributed by atoms with Gasteiger partial charge in [0.15, 0.2) is 5.82 Å². The summed E-state index contributed by atoms with van der Waals surface area (Å²) in [6.45, 7) is 7.20. The van der Waals surface area contributed by atoms with E-state index in [1.165, 1.54) is 6.20 Å².